The van der Waals surface area contributed by atoms with E-state index in [1.807, 2.05) is 13.8 Å². The molecular formula is C8H17N3O3. The highest BCUT2D eigenvalue weighted by Gasteiger charge is 2.34. The van der Waals surface area contributed by atoms with Crippen LogP contribution in [0.1, 0.15) is 13.8 Å². The molecule has 0 bridgehead atoms. The van der Waals surface area contributed by atoms with Crippen molar-refractivity contribution in [3.8, 4) is 0 Å². The quantitative estimate of drug-likeness (QED) is 0.291. The molecule has 1 saturated heterocycles. The molecule has 6 heteroatoms. The van der Waals surface area contributed by atoms with E-state index in [4.69, 9.17) is 15.7 Å². The molecule has 0 aliphatic carbocycles. The molecule has 0 aromatic rings. The molecule has 0 radical (unpaired) electrons. The maximum Gasteiger partial charge on any atom is 0.331 e. The second-order valence-electron chi connectivity index (χ2n) is 4.01. The highest BCUT2D eigenvalue weighted by Crippen LogP contribution is 2.20. The molecule has 1 aliphatic rings. The molecule has 1 rings (SSSR count). The van der Waals surface area contributed by atoms with Gasteiger partial charge in [0.25, 0.3) is 0 Å². The summed E-state index contributed by atoms with van der Waals surface area (Å²) < 4.78 is 5.54. The number of hydrogen-bond donors (Lipinski definition) is 3. The Bertz CT molecular complexity index is 220. The molecule has 2 amide bonds. The Labute approximate surface area is 83.0 Å². The minimum atomic E-state index is -0.446. The van der Waals surface area contributed by atoms with Crippen LogP contribution in [0.2, 0.25) is 0 Å². The van der Waals surface area contributed by atoms with Gasteiger partial charge in [-0.05, 0) is 13.8 Å². The predicted octanol–water partition coefficient (Wildman–Crippen LogP) is -0.959. The summed E-state index contributed by atoms with van der Waals surface area (Å²) in [4.78, 5) is 12.8. The van der Waals surface area contributed by atoms with Crippen molar-refractivity contribution in [2.75, 3.05) is 19.7 Å². The molecule has 0 spiro atoms. The van der Waals surface area contributed by atoms with Gasteiger partial charge in [0.2, 0.25) is 0 Å². The largest absolute Gasteiger partial charge is 0.394 e. The fourth-order valence-corrected chi connectivity index (χ4v) is 1.64. The number of aliphatic hydroxyl groups is 1. The Kier molecular flexibility index (Phi) is 3.30. The number of nitrogens with two attached hydrogens (primary N) is 1. The lowest BCUT2D eigenvalue weighted by atomic mass is 10.1. The van der Waals surface area contributed by atoms with Gasteiger partial charge < -0.3 is 14.7 Å². The number of rotatable bonds is 1. The van der Waals surface area contributed by atoms with Crippen molar-refractivity contribution in [1.29, 1.82) is 0 Å². The van der Waals surface area contributed by atoms with Crippen LogP contribution in [0.15, 0.2) is 0 Å². The molecule has 1 atom stereocenters. The first-order valence-corrected chi connectivity index (χ1v) is 4.52. The zero-order chi connectivity index (χ0) is 10.8. The number of nitrogens with zero attached hydrogens (tertiary/aromatic N) is 1. The number of ether oxygens (including phenoxy) is 1. The Morgan fingerprint density at radius 1 is 1.79 bits per heavy atom. The zero-order valence-corrected chi connectivity index (χ0v) is 8.49. The molecule has 82 valence electrons. The Morgan fingerprint density at radius 2 is 2.43 bits per heavy atom. The fraction of sp³-hybridized carbons (Fsp3) is 0.875. The van der Waals surface area contributed by atoms with E-state index in [1.54, 1.807) is 0 Å². The van der Waals surface area contributed by atoms with Crippen LogP contribution >= 0.6 is 0 Å². The summed E-state index contributed by atoms with van der Waals surface area (Å²) in [6.45, 7) is 4.46. The van der Waals surface area contributed by atoms with Crippen molar-refractivity contribution in [2.45, 2.75) is 25.6 Å². The van der Waals surface area contributed by atoms with Crippen LogP contribution in [0.3, 0.4) is 0 Å². The monoisotopic (exact) mass is 203 g/mol. The van der Waals surface area contributed by atoms with E-state index in [-0.39, 0.29) is 18.7 Å². The molecule has 6 nitrogen and oxygen atoms in total. The van der Waals surface area contributed by atoms with E-state index in [0.717, 1.165) is 0 Å². The molecule has 4 N–H and O–H groups in total. The number of hydrogen-bond acceptors (Lipinski definition) is 4. The summed E-state index contributed by atoms with van der Waals surface area (Å²) in [5.74, 6) is 5.03. The third kappa shape index (κ3) is 2.57. The van der Waals surface area contributed by atoms with Gasteiger partial charge in [-0.25, -0.2) is 10.6 Å². The van der Waals surface area contributed by atoms with Crippen molar-refractivity contribution in [1.82, 2.24) is 10.3 Å². The van der Waals surface area contributed by atoms with Gasteiger partial charge in [0, 0.05) is 0 Å². The molecule has 1 fully saturated rings. The summed E-state index contributed by atoms with van der Waals surface area (Å²) in [6.07, 6.45) is -0.337. The fourth-order valence-electron chi connectivity index (χ4n) is 1.64. The van der Waals surface area contributed by atoms with E-state index >= 15 is 0 Å². The summed E-state index contributed by atoms with van der Waals surface area (Å²) in [5, 5.41) is 8.98. The number of amides is 2. The van der Waals surface area contributed by atoms with Gasteiger partial charge in [-0.3, -0.25) is 5.43 Å². The molecule has 1 heterocycles. The van der Waals surface area contributed by atoms with Crippen LogP contribution in [-0.2, 0) is 4.74 Å². The minimum absolute atomic E-state index is 0.0994. The molecule has 0 aromatic carbocycles. The van der Waals surface area contributed by atoms with Gasteiger partial charge in [-0.1, -0.05) is 0 Å². The molecule has 0 aromatic heterocycles. The first kappa shape index (κ1) is 11.2. The molecular weight excluding hydrogens is 186 g/mol. The smallest absolute Gasteiger partial charge is 0.331 e. The van der Waals surface area contributed by atoms with Crippen molar-refractivity contribution >= 4 is 6.03 Å². The number of carbonyl (C=O) groups excluding carboxylic acids is 1. The number of hydrazine groups is 1. The van der Waals surface area contributed by atoms with E-state index in [9.17, 15) is 4.79 Å². The van der Waals surface area contributed by atoms with Gasteiger partial charge in [-0.15, -0.1) is 0 Å². The van der Waals surface area contributed by atoms with E-state index < -0.39 is 5.60 Å². The van der Waals surface area contributed by atoms with Crippen LogP contribution < -0.4 is 11.3 Å². The van der Waals surface area contributed by atoms with Crippen molar-refractivity contribution in [2.24, 2.45) is 5.84 Å². The van der Waals surface area contributed by atoms with Gasteiger partial charge in [-0.2, -0.15) is 0 Å². The highest BCUT2D eigenvalue weighted by atomic mass is 16.5. The topological polar surface area (TPSA) is 87.8 Å². The van der Waals surface area contributed by atoms with Crippen LogP contribution in [0, 0.1) is 0 Å². The lowest BCUT2D eigenvalue weighted by Gasteiger charge is -2.41. The zero-order valence-electron chi connectivity index (χ0n) is 8.49. The Hall–Kier alpha value is -0.850. The van der Waals surface area contributed by atoms with Crippen molar-refractivity contribution in [3.63, 3.8) is 0 Å². The lowest BCUT2D eigenvalue weighted by Crippen LogP contribution is -2.58. The number of aliphatic hydroxyl groups excluding tert-OH is 1. The third-order valence-corrected chi connectivity index (χ3v) is 2.10. The first-order chi connectivity index (χ1) is 6.48. The highest BCUT2D eigenvalue weighted by molar-refractivity contribution is 5.73. The SMILES string of the molecule is CC1(C)CN(C(=O)NN)CC(CO)O1. The maximum absolute atomic E-state index is 11.3. The van der Waals surface area contributed by atoms with Gasteiger partial charge in [0.15, 0.2) is 0 Å². The second-order valence-corrected chi connectivity index (χ2v) is 4.01. The first-order valence-electron chi connectivity index (χ1n) is 4.52. The second kappa shape index (κ2) is 4.12. The lowest BCUT2D eigenvalue weighted by molar-refractivity contribution is -0.138. The summed E-state index contributed by atoms with van der Waals surface area (Å²) in [5.41, 5.74) is 1.62. The van der Waals surface area contributed by atoms with Gasteiger partial charge in [0.1, 0.15) is 0 Å². The van der Waals surface area contributed by atoms with E-state index in [0.29, 0.717) is 13.1 Å². The summed E-state index contributed by atoms with van der Waals surface area (Å²) in [6, 6.07) is -0.347. The average Bonchev–Trinajstić information content (AvgIpc) is 2.14. The summed E-state index contributed by atoms with van der Waals surface area (Å²) in [7, 11) is 0. The van der Waals surface area contributed by atoms with Gasteiger partial charge >= 0.3 is 6.03 Å². The van der Waals surface area contributed by atoms with Crippen LogP contribution in [0.5, 0.6) is 0 Å². The van der Waals surface area contributed by atoms with Gasteiger partial charge in [0.05, 0.1) is 31.4 Å². The number of urea groups is 1. The Morgan fingerprint density at radius 3 is 2.93 bits per heavy atom. The average molecular weight is 203 g/mol. The minimum Gasteiger partial charge on any atom is -0.394 e. The van der Waals surface area contributed by atoms with Crippen LogP contribution in [-0.4, -0.2) is 47.4 Å². The number of nitrogens with one attached hydrogen (secondary N) is 1. The predicted molar refractivity (Wildman–Crippen MR) is 50.3 cm³/mol. The Balaban J connectivity index is 2.65. The standard InChI is InChI=1S/C8H17N3O3/c1-8(2)5-11(7(13)10-9)3-6(4-12)14-8/h6,12H,3-5,9H2,1-2H3,(H,10,13). The molecule has 14 heavy (non-hydrogen) atoms. The van der Waals surface area contributed by atoms with Crippen molar-refractivity contribution in [3.05, 3.63) is 0 Å². The number of carbonyl (C=O) groups is 1. The number of morpholine rings is 1. The van der Waals surface area contributed by atoms with Crippen molar-refractivity contribution < 1.29 is 14.6 Å². The van der Waals surface area contributed by atoms with E-state index in [2.05, 4.69) is 5.43 Å². The summed E-state index contributed by atoms with van der Waals surface area (Å²) >= 11 is 0. The molecule has 0 saturated carbocycles. The van der Waals surface area contributed by atoms with Crippen LogP contribution in [0.25, 0.3) is 0 Å². The molecule has 1 aliphatic heterocycles. The normalized spacial score (nSPS) is 26.0. The molecule has 1 unspecified atom stereocenters. The van der Waals surface area contributed by atoms with E-state index in [1.165, 1.54) is 4.90 Å². The van der Waals surface area contributed by atoms with Crippen LogP contribution in [0.4, 0.5) is 4.79 Å². The third-order valence-electron chi connectivity index (χ3n) is 2.10. The maximum atomic E-state index is 11.3.